The second kappa shape index (κ2) is 10.6. The minimum absolute atomic E-state index is 0.0833. The van der Waals surface area contributed by atoms with Gasteiger partial charge in [-0.15, -0.1) is 0 Å². The van der Waals surface area contributed by atoms with Gasteiger partial charge in [0.1, 0.15) is 5.58 Å². The number of rotatable bonds is 3. The molecule has 0 radical (unpaired) electrons. The highest BCUT2D eigenvalue weighted by Crippen LogP contribution is 2.53. The van der Waals surface area contributed by atoms with Crippen LogP contribution in [0.25, 0.3) is 99.2 Å². The first-order valence-electron chi connectivity index (χ1n) is 18.8. The zero-order valence-corrected chi connectivity index (χ0v) is 30.0. The van der Waals surface area contributed by atoms with E-state index in [2.05, 4.69) is 187 Å². The van der Waals surface area contributed by atoms with Crippen LogP contribution in [0, 0.1) is 0 Å². The van der Waals surface area contributed by atoms with Crippen LogP contribution in [-0.4, -0.2) is 9.13 Å². The van der Waals surface area contributed by atoms with Gasteiger partial charge in [0.2, 0.25) is 0 Å². The Labute approximate surface area is 311 Å². The van der Waals surface area contributed by atoms with Crippen LogP contribution in [0.1, 0.15) is 25.0 Å². The molecule has 3 aromatic heterocycles. The third-order valence-corrected chi connectivity index (χ3v) is 12.1. The van der Waals surface area contributed by atoms with E-state index in [1.54, 1.807) is 0 Å². The van der Waals surface area contributed by atoms with Crippen LogP contribution in [0.2, 0.25) is 0 Å². The monoisotopic (exact) mass is 690 g/mol. The lowest BCUT2D eigenvalue weighted by Gasteiger charge is -2.21. The molecule has 0 fully saturated rings. The van der Waals surface area contributed by atoms with E-state index in [-0.39, 0.29) is 5.41 Å². The third kappa shape index (κ3) is 3.85. The third-order valence-electron chi connectivity index (χ3n) is 12.1. The summed E-state index contributed by atoms with van der Waals surface area (Å²) in [6.07, 6.45) is 0. The molecule has 11 aromatic rings. The van der Waals surface area contributed by atoms with Crippen molar-refractivity contribution in [1.82, 2.24) is 9.13 Å². The molecule has 12 rings (SSSR count). The first-order valence-corrected chi connectivity index (χ1v) is 18.8. The molecule has 0 saturated heterocycles. The molecule has 0 saturated carbocycles. The number of furan rings is 1. The Morgan fingerprint density at radius 2 is 1.09 bits per heavy atom. The average molecular weight is 691 g/mol. The normalized spacial score (nSPS) is 13.5. The second-order valence-electron chi connectivity index (χ2n) is 15.3. The number of nitrogens with zero attached hydrogens (tertiary/aromatic N) is 2. The summed E-state index contributed by atoms with van der Waals surface area (Å²) in [7, 11) is 0. The summed E-state index contributed by atoms with van der Waals surface area (Å²) in [4.78, 5) is 0. The van der Waals surface area contributed by atoms with Crippen LogP contribution in [0.3, 0.4) is 0 Å². The van der Waals surface area contributed by atoms with Gasteiger partial charge in [-0.1, -0.05) is 123 Å². The highest BCUT2D eigenvalue weighted by Gasteiger charge is 2.37. The zero-order valence-electron chi connectivity index (χ0n) is 30.0. The van der Waals surface area contributed by atoms with Crippen LogP contribution >= 0.6 is 0 Å². The molecular weight excluding hydrogens is 657 g/mol. The maximum absolute atomic E-state index is 6.65. The van der Waals surface area contributed by atoms with Gasteiger partial charge in [0.25, 0.3) is 0 Å². The molecule has 54 heavy (non-hydrogen) atoms. The van der Waals surface area contributed by atoms with Crippen molar-refractivity contribution < 1.29 is 4.42 Å². The number of hydrogen-bond acceptors (Lipinski definition) is 1. The smallest absolute Gasteiger partial charge is 0.160 e. The summed E-state index contributed by atoms with van der Waals surface area (Å²) in [5, 5.41) is 7.25. The molecule has 8 aromatic carbocycles. The number of aromatic nitrogens is 2. The molecule has 0 N–H and O–H groups in total. The molecule has 3 heteroatoms. The zero-order chi connectivity index (χ0) is 35.7. The van der Waals surface area contributed by atoms with Gasteiger partial charge in [-0.05, 0) is 94.0 Å². The summed E-state index contributed by atoms with van der Waals surface area (Å²) in [6, 6.07) is 62.0. The van der Waals surface area contributed by atoms with Crippen molar-refractivity contribution in [1.29, 1.82) is 0 Å². The van der Waals surface area contributed by atoms with Gasteiger partial charge in [0.05, 0.1) is 22.1 Å². The highest BCUT2D eigenvalue weighted by atomic mass is 16.3. The van der Waals surface area contributed by atoms with Gasteiger partial charge in [-0.25, -0.2) is 0 Å². The molecule has 1 aliphatic carbocycles. The summed E-state index contributed by atoms with van der Waals surface area (Å²) in [5.41, 5.74) is 16.6. The minimum atomic E-state index is -0.0833. The molecule has 0 spiro atoms. The molecule has 0 unspecified atom stereocenters. The Kier molecular flexibility index (Phi) is 5.84. The maximum atomic E-state index is 6.65. The number of hydrogen-bond donors (Lipinski definition) is 0. The lowest BCUT2D eigenvalue weighted by atomic mass is 9.82. The summed E-state index contributed by atoms with van der Waals surface area (Å²) >= 11 is 0. The van der Waals surface area contributed by atoms with Crippen LogP contribution in [-0.2, 0) is 5.41 Å². The van der Waals surface area contributed by atoms with E-state index in [0.29, 0.717) is 0 Å². The standard InChI is InChI=1S/C51H34N2O/c1-51(2)41-19-11-9-18-39(41)47-42(51)26-28-44-48(47)40-29-31(22-27-43(40)52(44)33-13-5-3-6-14-33)32-21-23-35-37-24-25-38-36-17-10-12-20-46(36)54-50(38)49(37)53(45(35)30-32)34-15-7-4-8-16-34/h3-30H,1-2H3. The van der Waals surface area contributed by atoms with Gasteiger partial charge < -0.3 is 13.6 Å². The number of fused-ring (bicyclic) bond motifs is 14. The summed E-state index contributed by atoms with van der Waals surface area (Å²) < 4.78 is 11.5. The Bertz CT molecular complexity index is 3340. The van der Waals surface area contributed by atoms with Crippen molar-refractivity contribution in [3.05, 3.63) is 181 Å². The molecule has 254 valence electrons. The van der Waals surface area contributed by atoms with Crippen molar-refractivity contribution in [2.75, 3.05) is 0 Å². The van der Waals surface area contributed by atoms with Crippen LogP contribution in [0.4, 0.5) is 0 Å². The average Bonchev–Trinajstić information content (AvgIpc) is 3.93. The van der Waals surface area contributed by atoms with E-state index in [9.17, 15) is 0 Å². The van der Waals surface area contributed by atoms with Crippen LogP contribution in [0.15, 0.2) is 174 Å². The molecule has 3 nitrogen and oxygen atoms in total. The highest BCUT2D eigenvalue weighted by molar-refractivity contribution is 6.22. The Balaban J connectivity index is 1.16. The Morgan fingerprint density at radius 1 is 0.444 bits per heavy atom. The predicted molar refractivity (Wildman–Crippen MR) is 225 cm³/mol. The Hall–Kier alpha value is -6.84. The van der Waals surface area contributed by atoms with Crippen molar-refractivity contribution in [3.63, 3.8) is 0 Å². The number of para-hydroxylation sites is 3. The Morgan fingerprint density at radius 3 is 1.93 bits per heavy atom. The van der Waals surface area contributed by atoms with Gasteiger partial charge >= 0.3 is 0 Å². The lowest BCUT2D eigenvalue weighted by molar-refractivity contribution is 0.661. The van der Waals surface area contributed by atoms with Crippen LogP contribution in [0.5, 0.6) is 0 Å². The molecule has 3 heterocycles. The fraction of sp³-hybridized carbons (Fsp3) is 0.0588. The summed E-state index contributed by atoms with van der Waals surface area (Å²) in [6.45, 7) is 4.73. The largest absolute Gasteiger partial charge is 0.454 e. The van der Waals surface area contributed by atoms with E-state index in [4.69, 9.17) is 4.42 Å². The van der Waals surface area contributed by atoms with Gasteiger partial charge in [-0.2, -0.15) is 0 Å². The molecule has 1 aliphatic rings. The fourth-order valence-electron chi connectivity index (χ4n) is 9.64. The van der Waals surface area contributed by atoms with Crippen LogP contribution < -0.4 is 0 Å². The van der Waals surface area contributed by atoms with E-state index in [0.717, 1.165) is 38.7 Å². The van der Waals surface area contributed by atoms with Gasteiger partial charge in [-0.3, -0.25) is 0 Å². The predicted octanol–water partition coefficient (Wildman–Crippen LogP) is 13.8. The van der Waals surface area contributed by atoms with Crippen molar-refractivity contribution >= 4 is 65.6 Å². The summed E-state index contributed by atoms with van der Waals surface area (Å²) in [5.74, 6) is 0. The maximum Gasteiger partial charge on any atom is 0.160 e. The van der Waals surface area contributed by atoms with Crippen molar-refractivity contribution in [3.8, 4) is 33.6 Å². The number of benzene rings is 8. The molecule has 0 aliphatic heterocycles. The fourth-order valence-corrected chi connectivity index (χ4v) is 9.64. The molecule has 0 bridgehead atoms. The van der Waals surface area contributed by atoms with Gasteiger partial charge in [0.15, 0.2) is 5.58 Å². The molecule has 0 amide bonds. The molecular formula is C51H34N2O. The van der Waals surface area contributed by atoms with Crippen molar-refractivity contribution in [2.24, 2.45) is 0 Å². The lowest BCUT2D eigenvalue weighted by Crippen LogP contribution is -2.14. The van der Waals surface area contributed by atoms with E-state index in [1.807, 2.05) is 6.07 Å². The SMILES string of the molecule is CC1(C)c2ccccc2-c2c1ccc1c2c2cc(-c3ccc4c5ccc6c7ccccc7oc6c5n(-c5ccccc5)c4c3)ccc2n1-c1ccccc1. The van der Waals surface area contributed by atoms with E-state index in [1.165, 1.54) is 71.6 Å². The topological polar surface area (TPSA) is 23.0 Å². The van der Waals surface area contributed by atoms with E-state index >= 15 is 0 Å². The first kappa shape index (κ1) is 29.7. The second-order valence-corrected chi connectivity index (χ2v) is 15.3. The van der Waals surface area contributed by atoms with Gasteiger partial charge in [0, 0.05) is 49.1 Å². The minimum Gasteiger partial charge on any atom is -0.454 e. The quantitative estimate of drug-likeness (QED) is 0.181. The van der Waals surface area contributed by atoms with Crippen molar-refractivity contribution in [2.45, 2.75) is 19.3 Å². The first-order chi connectivity index (χ1) is 26.6. The van der Waals surface area contributed by atoms with E-state index < -0.39 is 0 Å². The molecule has 0 atom stereocenters.